The van der Waals surface area contributed by atoms with Crippen molar-refractivity contribution < 1.29 is 9.64 Å². The molecule has 0 saturated heterocycles. The average Bonchev–Trinajstić information content (AvgIpc) is 2.74. The molecule has 2 heterocycles. The van der Waals surface area contributed by atoms with Crippen molar-refractivity contribution in [1.29, 1.82) is 5.26 Å². The van der Waals surface area contributed by atoms with E-state index in [0.717, 1.165) is 41.1 Å². The Morgan fingerprint density at radius 1 is 1.07 bits per heavy atom. The second-order valence-corrected chi connectivity index (χ2v) is 7.94. The maximum absolute atomic E-state index is 9.85. The van der Waals surface area contributed by atoms with Gasteiger partial charge in [0.05, 0.1) is 12.0 Å². The minimum atomic E-state index is -0.168. The Bertz CT molecular complexity index is 1030. The standard InChI is InChI=1S/C25H25N3O/c1-17(2)28-15-20(13-18-9-5-3-6-10-18)24-22(16-28)23(19-11-7-4-8-12-19)21(14-26)25(27)29-24/h3-13,17,23H,15-16,27H2,1-2H3/p+1/b20-13-/t23-/m0/s1. The number of nitrogens with one attached hydrogen (secondary N) is 1. The number of nitrogens with zero attached hydrogens (tertiary/aromatic N) is 1. The number of nitrogens with two attached hydrogens (primary N) is 1. The number of ether oxygens (including phenoxy) is 1. The smallest absolute Gasteiger partial charge is 0.205 e. The molecule has 4 heteroatoms. The van der Waals surface area contributed by atoms with E-state index in [-0.39, 0.29) is 11.8 Å². The summed E-state index contributed by atoms with van der Waals surface area (Å²) in [5.41, 5.74) is 11.2. The van der Waals surface area contributed by atoms with Crippen LogP contribution in [0.1, 0.15) is 30.9 Å². The Morgan fingerprint density at radius 2 is 1.72 bits per heavy atom. The van der Waals surface area contributed by atoms with Crippen LogP contribution in [-0.2, 0) is 4.74 Å². The van der Waals surface area contributed by atoms with Crippen LogP contribution in [0.15, 0.2) is 89.0 Å². The van der Waals surface area contributed by atoms with Gasteiger partial charge in [-0.25, -0.2) is 0 Å². The number of benzene rings is 2. The lowest BCUT2D eigenvalue weighted by Crippen LogP contribution is -3.16. The highest BCUT2D eigenvalue weighted by Gasteiger charge is 2.40. The van der Waals surface area contributed by atoms with Gasteiger partial charge < -0.3 is 15.4 Å². The largest absolute Gasteiger partial charge is 0.440 e. The minimum absolute atomic E-state index is 0.168. The Labute approximate surface area is 172 Å². The molecule has 29 heavy (non-hydrogen) atoms. The monoisotopic (exact) mass is 384 g/mol. The second kappa shape index (κ2) is 7.98. The van der Waals surface area contributed by atoms with Gasteiger partial charge >= 0.3 is 0 Å². The van der Waals surface area contributed by atoms with Gasteiger partial charge in [-0.15, -0.1) is 0 Å². The zero-order chi connectivity index (χ0) is 20.4. The van der Waals surface area contributed by atoms with Crippen LogP contribution in [0.2, 0.25) is 0 Å². The fourth-order valence-electron chi connectivity index (χ4n) is 4.17. The molecule has 2 aromatic rings. The van der Waals surface area contributed by atoms with E-state index in [9.17, 15) is 5.26 Å². The minimum Gasteiger partial charge on any atom is -0.440 e. The van der Waals surface area contributed by atoms with Gasteiger partial charge in [-0.3, -0.25) is 0 Å². The maximum Gasteiger partial charge on any atom is 0.205 e. The highest BCUT2D eigenvalue weighted by atomic mass is 16.5. The summed E-state index contributed by atoms with van der Waals surface area (Å²) >= 11 is 0. The van der Waals surface area contributed by atoms with Crippen LogP contribution < -0.4 is 10.6 Å². The fraction of sp³-hybridized carbons (Fsp3) is 0.240. The molecule has 0 aromatic heterocycles. The summed E-state index contributed by atoms with van der Waals surface area (Å²) in [6, 6.07) is 23.2. The van der Waals surface area contributed by atoms with E-state index in [2.05, 4.69) is 50.3 Å². The molecule has 0 spiro atoms. The Morgan fingerprint density at radius 3 is 2.34 bits per heavy atom. The van der Waals surface area contributed by atoms with Crippen molar-refractivity contribution >= 4 is 6.08 Å². The van der Waals surface area contributed by atoms with Gasteiger partial charge in [-0.1, -0.05) is 60.7 Å². The van der Waals surface area contributed by atoms with E-state index in [0.29, 0.717) is 11.6 Å². The number of hydrogen-bond donors (Lipinski definition) is 2. The van der Waals surface area contributed by atoms with Crippen LogP contribution in [0.25, 0.3) is 6.08 Å². The summed E-state index contributed by atoms with van der Waals surface area (Å²) in [4.78, 5) is 1.45. The summed E-state index contributed by atoms with van der Waals surface area (Å²) in [6.45, 7) is 6.16. The van der Waals surface area contributed by atoms with Crippen LogP contribution in [0.3, 0.4) is 0 Å². The van der Waals surface area contributed by atoms with Crippen LogP contribution in [0.4, 0.5) is 0 Å². The molecule has 0 aliphatic carbocycles. The summed E-state index contributed by atoms with van der Waals surface area (Å²) in [5, 5.41) is 9.85. The lowest BCUT2D eigenvalue weighted by atomic mass is 9.80. The molecule has 2 aliphatic heterocycles. The lowest BCUT2D eigenvalue weighted by Gasteiger charge is -2.37. The molecule has 0 radical (unpaired) electrons. The molecule has 1 unspecified atom stereocenters. The molecule has 4 nitrogen and oxygen atoms in total. The molecule has 3 N–H and O–H groups in total. The van der Waals surface area contributed by atoms with E-state index >= 15 is 0 Å². The van der Waals surface area contributed by atoms with E-state index in [4.69, 9.17) is 10.5 Å². The zero-order valence-electron chi connectivity index (χ0n) is 16.9. The molecular weight excluding hydrogens is 358 g/mol. The molecule has 0 amide bonds. The van der Waals surface area contributed by atoms with Gasteiger partial charge in [0, 0.05) is 11.1 Å². The first kappa shape index (κ1) is 19.0. The number of rotatable bonds is 3. The van der Waals surface area contributed by atoms with Crippen molar-refractivity contribution in [3.8, 4) is 6.07 Å². The molecule has 0 fully saturated rings. The van der Waals surface area contributed by atoms with Gasteiger partial charge in [0.15, 0.2) is 0 Å². The van der Waals surface area contributed by atoms with E-state index in [1.54, 1.807) is 0 Å². The summed E-state index contributed by atoms with van der Waals surface area (Å²) in [7, 11) is 0. The van der Waals surface area contributed by atoms with Crippen LogP contribution in [0.5, 0.6) is 0 Å². The number of quaternary nitrogens is 1. The van der Waals surface area contributed by atoms with Crippen molar-refractivity contribution in [2.45, 2.75) is 25.8 Å². The van der Waals surface area contributed by atoms with Crippen molar-refractivity contribution in [2.75, 3.05) is 13.1 Å². The second-order valence-electron chi connectivity index (χ2n) is 7.94. The summed E-state index contributed by atoms with van der Waals surface area (Å²) < 4.78 is 6.09. The Balaban J connectivity index is 1.89. The first-order chi connectivity index (χ1) is 14.1. The quantitative estimate of drug-likeness (QED) is 0.855. The summed E-state index contributed by atoms with van der Waals surface area (Å²) in [5.74, 6) is 0.883. The Hall–Kier alpha value is -3.29. The van der Waals surface area contributed by atoms with Gasteiger partial charge in [0.25, 0.3) is 0 Å². The molecule has 2 aliphatic rings. The SMILES string of the molecule is CC(C)[NH+]1CC2=C(OC(N)=C(C#N)[C@@H]2c2ccccc2)/C(=C\c2ccccc2)C1. The van der Waals surface area contributed by atoms with E-state index in [1.807, 2.05) is 36.4 Å². The fourth-order valence-corrected chi connectivity index (χ4v) is 4.17. The summed E-state index contributed by atoms with van der Waals surface area (Å²) in [6.07, 6.45) is 2.18. The predicted octanol–water partition coefficient (Wildman–Crippen LogP) is 3.14. The van der Waals surface area contributed by atoms with Gasteiger partial charge in [-0.2, -0.15) is 5.26 Å². The van der Waals surface area contributed by atoms with Crippen molar-refractivity contribution in [3.63, 3.8) is 0 Å². The normalized spacial score (nSPS) is 23.0. The topological polar surface area (TPSA) is 63.5 Å². The van der Waals surface area contributed by atoms with Crippen LogP contribution >= 0.6 is 0 Å². The predicted molar refractivity (Wildman–Crippen MR) is 114 cm³/mol. The number of allylic oxidation sites excluding steroid dienone is 1. The molecule has 0 saturated carbocycles. The molecule has 2 aromatic carbocycles. The molecule has 0 bridgehead atoms. The highest BCUT2D eigenvalue weighted by molar-refractivity contribution is 5.62. The van der Waals surface area contributed by atoms with Crippen molar-refractivity contribution in [2.24, 2.45) is 5.73 Å². The third-order valence-electron chi connectivity index (χ3n) is 5.74. The van der Waals surface area contributed by atoms with Gasteiger partial charge in [0.2, 0.25) is 5.88 Å². The average molecular weight is 385 g/mol. The van der Waals surface area contributed by atoms with E-state index in [1.165, 1.54) is 4.90 Å². The molecular formula is C25H26N3O+. The van der Waals surface area contributed by atoms with Crippen molar-refractivity contribution in [3.05, 3.63) is 100 Å². The first-order valence-electron chi connectivity index (χ1n) is 10.0. The third-order valence-corrected chi connectivity index (χ3v) is 5.74. The Kier molecular flexibility index (Phi) is 5.24. The lowest BCUT2D eigenvalue weighted by molar-refractivity contribution is -0.913. The maximum atomic E-state index is 9.85. The van der Waals surface area contributed by atoms with Crippen LogP contribution in [-0.4, -0.2) is 19.1 Å². The number of nitriles is 1. The highest BCUT2D eigenvalue weighted by Crippen LogP contribution is 2.41. The van der Waals surface area contributed by atoms with E-state index < -0.39 is 0 Å². The van der Waals surface area contributed by atoms with Crippen LogP contribution in [0, 0.1) is 11.3 Å². The molecule has 4 rings (SSSR count). The zero-order valence-corrected chi connectivity index (χ0v) is 16.9. The van der Waals surface area contributed by atoms with Gasteiger partial charge in [0.1, 0.15) is 30.5 Å². The third kappa shape index (κ3) is 3.70. The molecule has 146 valence electrons. The van der Waals surface area contributed by atoms with Gasteiger partial charge in [-0.05, 0) is 31.1 Å². The van der Waals surface area contributed by atoms with Crippen molar-refractivity contribution in [1.82, 2.24) is 0 Å². The molecule has 2 atom stereocenters. The number of hydrogen-bond acceptors (Lipinski definition) is 3. The first-order valence-corrected chi connectivity index (χ1v) is 10.0.